The third-order valence-corrected chi connectivity index (χ3v) is 10.5. The molecule has 4 aromatic rings. The molecule has 56 heavy (non-hydrogen) atoms. The topological polar surface area (TPSA) is 154 Å². The highest BCUT2D eigenvalue weighted by atomic mass is 32.2. The van der Waals surface area contributed by atoms with Crippen molar-refractivity contribution in [1.29, 1.82) is 0 Å². The van der Waals surface area contributed by atoms with Crippen molar-refractivity contribution in [3.05, 3.63) is 71.8 Å². The Balaban J connectivity index is 0.00000113. The Kier molecular flexibility index (Phi) is 14.8. The third-order valence-electron chi connectivity index (χ3n) is 10.5. The number of likely N-dealkylation sites (tertiary alicyclic amines) is 2. The second kappa shape index (κ2) is 19.5. The number of hydrogen-bond acceptors (Lipinski definition) is 11. The molecule has 3 aromatic carbocycles. The summed E-state index contributed by atoms with van der Waals surface area (Å²) in [5.74, 6) is 3.65. The summed E-state index contributed by atoms with van der Waals surface area (Å²) < 4.78 is 55.9. The SMILES string of the molecule is CCOCCn1c(NC2CCN(CCC3(Cc4ccc(OC)cc4)CCN(Cc4cc(OC)c(OC)c(OC)c4)C3=O)CC2)nc2ccccc21.CS(=O)(=O)O. The number of benzene rings is 3. The minimum absolute atomic E-state index is 0.203. The Bertz CT molecular complexity index is 1970. The van der Waals surface area contributed by atoms with Gasteiger partial charge in [-0.25, -0.2) is 4.98 Å². The molecule has 0 bridgehead atoms. The number of ether oxygens (including phenoxy) is 5. The fourth-order valence-electron chi connectivity index (χ4n) is 7.68. The quantitative estimate of drug-likeness (QED) is 0.102. The largest absolute Gasteiger partial charge is 0.497 e. The van der Waals surface area contributed by atoms with E-state index in [1.165, 1.54) is 0 Å². The molecule has 2 saturated heterocycles. The average molecular weight is 796 g/mol. The number of rotatable bonds is 17. The number of anilines is 1. The van der Waals surface area contributed by atoms with Gasteiger partial charge in [-0.15, -0.1) is 0 Å². The summed E-state index contributed by atoms with van der Waals surface area (Å²) in [6, 6.07) is 20.6. The van der Waals surface area contributed by atoms with E-state index in [1.807, 2.05) is 42.2 Å². The van der Waals surface area contributed by atoms with Crippen LogP contribution in [0.2, 0.25) is 0 Å². The van der Waals surface area contributed by atoms with Gasteiger partial charge < -0.3 is 43.4 Å². The minimum Gasteiger partial charge on any atom is -0.497 e. The van der Waals surface area contributed by atoms with E-state index in [4.69, 9.17) is 33.2 Å². The number of para-hydroxylation sites is 2. The van der Waals surface area contributed by atoms with E-state index in [-0.39, 0.29) is 5.91 Å². The molecule has 2 fully saturated rings. The lowest BCUT2D eigenvalue weighted by Crippen LogP contribution is -2.43. The lowest BCUT2D eigenvalue weighted by atomic mass is 9.77. The fourth-order valence-corrected chi connectivity index (χ4v) is 7.68. The summed E-state index contributed by atoms with van der Waals surface area (Å²) in [5.41, 5.74) is 3.72. The van der Waals surface area contributed by atoms with Crippen LogP contribution >= 0.6 is 0 Å². The molecule has 306 valence electrons. The Morgan fingerprint density at radius 1 is 0.893 bits per heavy atom. The van der Waals surface area contributed by atoms with Crippen molar-refractivity contribution in [3.63, 3.8) is 0 Å². The monoisotopic (exact) mass is 795 g/mol. The van der Waals surface area contributed by atoms with Gasteiger partial charge in [0.15, 0.2) is 11.5 Å². The number of carbonyl (C=O) groups excluding carboxylic acids is 1. The van der Waals surface area contributed by atoms with Crippen molar-refractivity contribution < 1.29 is 41.4 Å². The summed E-state index contributed by atoms with van der Waals surface area (Å²) in [6.07, 6.45) is 5.04. The molecule has 3 heterocycles. The zero-order chi connectivity index (χ0) is 40.3. The van der Waals surface area contributed by atoms with Crippen molar-refractivity contribution >= 4 is 33.0 Å². The molecular weight excluding hydrogens is 739 g/mol. The van der Waals surface area contributed by atoms with Gasteiger partial charge in [-0.05, 0) is 93.1 Å². The molecule has 0 radical (unpaired) electrons. The predicted octanol–water partition coefficient (Wildman–Crippen LogP) is 5.54. The highest BCUT2D eigenvalue weighted by molar-refractivity contribution is 7.85. The number of piperidine rings is 1. The van der Waals surface area contributed by atoms with Crippen LogP contribution < -0.4 is 24.3 Å². The molecule has 2 aliphatic rings. The molecule has 15 heteroatoms. The van der Waals surface area contributed by atoms with Gasteiger partial charge in [0, 0.05) is 45.4 Å². The summed E-state index contributed by atoms with van der Waals surface area (Å²) in [6.45, 7) is 8.13. The predicted molar refractivity (Wildman–Crippen MR) is 217 cm³/mol. The van der Waals surface area contributed by atoms with E-state index in [1.54, 1.807) is 28.4 Å². The summed E-state index contributed by atoms with van der Waals surface area (Å²) in [7, 11) is 2.83. The van der Waals surface area contributed by atoms with Gasteiger partial charge in [-0.1, -0.05) is 24.3 Å². The van der Waals surface area contributed by atoms with Crippen LogP contribution in [0.5, 0.6) is 23.0 Å². The first-order valence-electron chi connectivity index (χ1n) is 19.1. The van der Waals surface area contributed by atoms with Crippen LogP contribution in [-0.2, 0) is 39.2 Å². The van der Waals surface area contributed by atoms with Crippen LogP contribution in [0, 0.1) is 5.41 Å². The highest BCUT2D eigenvalue weighted by Gasteiger charge is 2.46. The molecule has 0 spiro atoms. The Morgan fingerprint density at radius 3 is 2.16 bits per heavy atom. The average Bonchev–Trinajstić information content (AvgIpc) is 3.69. The van der Waals surface area contributed by atoms with Gasteiger partial charge in [0.1, 0.15) is 5.75 Å². The first-order valence-corrected chi connectivity index (χ1v) is 20.9. The zero-order valence-corrected chi connectivity index (χ0v) is 34.3. The minimum atomic E-state index is -3.67. The van der Waals surface area contributed by atoms with E-state index >= 15 is 0 Å². The van der Waals surface area contributed by atoms with Crippen molar-refractivity contribution in [2.24, 2.45) is 5.41 Å². The first kappa shape index (κ1) is 42.6. The second-order valence-corrected chi connectivity index (χ2v) is 15.8. The lowest BCUT2D eigenvalue weighted by molar-refractivity contribution is -0.137. The standard InChI is InChI=1S/C40H53N5O6.CH4O3S/c1-6-51-24-23-45-34-10-8-7-9-33(34)42-39(45)41-31-15-19-43(20-16-31)21-17-40(27-29-11-13-32(47-2)14-12-29)18-22-44(38(40)46)28-30-25-35(48-3)37(50-5)36(26-30)49-4;1-5(2,3)4/h7-14,25-26,31H,6,15-24,27-28H2,1-5H3,(H,41,42);1H3,(H,2,3,4). The smallest absolute Gasteiger partial charge is 0.261 e. The number of amides is 1. The van der Waals surface area contributed by atoms with Crippen molar-refractivity contribution in [2.75, 3.05) is 79.4 Å². The summed E-state index contributed by atoms with van der Waals surface area (Å²) >= 11 is 0. The number of nitrogens with one attached hydrogen (secondary N) is 1. The van der Waals surface area contributed by atoms with E-state index < -0.39 is 15.5 Å². The van der Waals surface area contributed by atoms with Crippen LogP contribution in [0.3, 0.4) is 0 Å². The Labute approximate surface area is 330 Å². The van der Waals surface area contributed by atoms with Gasteiger partial charge in [-0.2, -0.15) is 8.42 Å². The van der Waals surface area contributed by atoms with Gasteiger partial charge in [0.25, 0.3) is 10.1 Å². The van der Waals surface area contributed by atoms with Crippen molar-refractivity contribution in [1.82, 2.24) is 19.4 Å². The van der Waals surface area contributed by atoms with Crippen LogP contribution in [0.25, 0.3) is 11.0 Å². The number of imidazole rings is 1. The normalized spacial score (nSPS) is 17.8. The first-order chi connectivity index (χ1) is 26.9. The van der Waals surface area contributed by atoms with E-state index in [9.17, 15) is 13.2 Å². The molecule has 1 amide bonds. The molecule has 1 unspecified atom stereocenters. The number of fused-ring (bicyclic) bond motifs is 1. The summed E-state index contributed by atoms with van der Waals surface area (Å²) in [4.78, 5) is 24.0. The van der Waals surface area contributed by atoms with Crippen LogP contribution in [-0.4, -0.2) is 118 Å². The lowest BCUT2D eigenvalue weighted by Gasteiger charge is -2.35. The van der Waals surface area contributed by atoms with Gasteiger partial charge in [0.05, 0.1) is 57.8 Å². The van der Waals surface area contributed by atoms with Gasteiger partial charge >= 0.3 is 0 Å². The maximum Gasteiger partial charge on any atom is 0.261 e. The molecule has 14 nitrogen and oxygen atoms in total. The number of hydrogen-bond donors (Lipinski definition) is 2. The molecular formula is C41H57N5O9S. The number of nitrogens with zero attached hydrogens (tertiary/aromatic N) is 4. The van der Waals surface area contributed by atoms with Crippen LogP contribution in [0.1, 0.15) is 43.7 Å². The van der Waals surface area contributed by atoms with Gasteiger partial charge in [-0.3, -0.25) is 9.35 Å². The molecule has 6 rings (SSSR count). The number of carbonyl (C=O) groups is 1. The third kappa shape index (κ3) is 11.1. The molecule has 2 aliphatic heterocycles. The number of methoxy groups -OCH3 is 4. The molecule has 1 aromatic heterocycles. The molecule has 2 N–H and O–H groups in total. The molecule has 0 saturated carbocycles. The summed E-state index contributed by atoms with van der Waals surface area (Å²) in [5, 5.41) is 3.77. The van der Waals surface area contributed by atoms with E-state index in [0.29, 0.717) is 62.3 Å². The highest BCUT2D eigenvalue weighted by Crippen LogP contribution is 2.42. The zero-order valence-electron chi connectivity index (χ0n) is 33.5. The van der Waals surface area contributed by atoms with Crippen molar-refractivity contribution in [3.8, 4) is 23.0 Å². The maximum atomic E-state index is 14.5. The van der Waals surface area contributed by atoms with Gasteiger partial charge in [0.2, 0.25) is 17.6 Å². The number of aromatic nitrogens is 2. The fraction of sp³-hybridized carbons (Fsp3) is 0.512. The van der Waals surface area contributed by atoms with E-state index in [2.05, 4.69) is 45.1 Å². The second-order valence-electron chi connectivity index (χ2n) is 14.3. The Hall–Kier alpha value is -4.57. The molecule has 1 atom stereocenters. The van der Waals surface area contributed by atoms with E-state index in [0.717, 1.165) is 85.7 Å². The van der Waals surface area contributed by atoms with Crippen molar-refractivity contribution in [2.45, 2.75) is 58.2 Å². The molecule has 0 aliphatic carbocycles. The van der Waals surface area contributed by atoms with Crippen LogP contribution in [0.4, 0.5) is 5.95 Å². The maximum absolute atomic E-state index is 14.5. The van der Waals surface area contributed by atoms with Crippen LogP contribution in [0.15, 0.2) is 60.7 Å². The Morgan fingerprint density at radius 2 is 1.55 bits per heavy atom.